The number of thiophene rings is 1. The van der Waals surface area contributed by atoms with Crippen LogP contribution in [0.15, 0.2) is 24.5 Å². The van der Waals surface area contributed by atoms with Crippen molar-refractivity contribution < 1.29 is 19.4 Å². The minimum Gasteiger partial charge on any atom is -0.389 e. The van der Waals surface area contributed by atoms with Gasteiger partial charge in [0.2, 0.25) is 5.91 Å². The number of halogens is 1. The molecule has 2 aliphatic rings. The first-order valence-corrected chi connectivity index (χ1v) is 10.6. The molecule has 3 heterocycles. The van der Waals surface area contributed by atoms with E-state index in [1.54, 1.807) is 30.1 Å². The van der Waals surface area contributed by atoms with Crippen molar-refractivity contribution >= 4 is 34.1 Å². The van der Waals surface area contributed by atoms with Gasteiger partial charge in [0.1, 0.15) is 17.3 Å². The average Bonchev–Trinajstić information content (AvgIpc) is 3.02. The van der Waals surface area contributed by atoms with Gasteiger partial charge in [-0.25, -0.2) is 9.97 Å². The second kappa shape index (κ2) is 7.02. The third kappa shape index (κ3) is 2.85. The molecule has 10 heteroatoms. The van der Waals surface area contributed by atoms with Crippen molar-refractivity contribution in [1.29, 1.82) is 0 Å². The maximum atomic E-state index is 13.2. The van der Waals surface area contributed by atoms with E-state index in [0.717, 1.165) is 11.3 Å². The molecule has 0 unspecified atom stereocenters. The van der Waals surface area contributed by atoms with Gasteiger partial charge >= 0.3 is 0 Å². The predicted octanol–water partition coefficient (Wildman–Crippen LogP) is 1.10. The highest BCUT2D eigenvalue weighted by atomic mass is 32.1. The summed E-state index contributed by atoms with van der Waals surface area (Å²) in [7, 11) is 3.28. The number of imidazole rings is 1. The average molecular weight is 441 g/mol. The lowest BCUT2D eigenvalue weighted by atomic mass is 9.98. The van der Waals surface area contributed by atoms with E-state index >= 15 is 0 Å². The van der Waals surface area contributed by atoms with Crippen LogP contribution >= 0.6 is 11.3 Å². The van der Waals surface area contributed by atoms with Gasteiger partial charge in [-0.1, -0.05) is 11.3 Å². The minimum atomic E-state index is -1.17. The van der Waals surface area contributed by atoms with Gasteiger partial charge in [0.05, 0.1) is 34.5 Å². The SMILES string of the molecule is CNC(=O)[C@@]12C[C@@H]1[C@@H](n1cnc3c(NC)cc(C#Cc4ccc(F)s4)nc31)[C@H](O)[C@@H]2O. The molecule has 2 aliphatic carbocycles. The highest BCUT2D eigenvalue weighted by Gasteiger charge is 2.75. The van der Waals surface area contributed by atoms with Gasteiger partial charge in [-0.2, -0.15) is 4.39 Å². The Morgan fingerprint density at radius 2 is 2.16 bits per heavy atom. The van der Waals surface area contributed by atoms with E-state index < -0.39 is 23.7 Å². The molecule has 4 N–H and O–H groups in total. The summed E-state index contributed by atoms with van der Waals surface area (Å²) in [5.74, 6) is 5.36. The summed E-state index contributed by atoms with van der Waals surface area (Å²) in [6, 6.07) is 4.18. The van der Waals surface area contributed by atoms with Gasteiger partial charge in [-0.3, -0.25) is 4.79 Å². The number of hydrogen-bond acceptors (Lipinski definition) is 7. The summed E-state index contributed by atoms with van der Waals surface area (Å²) in [6.07, 6.45) is -0.238. The molecule has 31 heavy (non-hydrogen) atoms. The molecule has 2 saturated carbocycles. The third-order valence-electron chi connectivity index (χ3n) is 6.33. The summed E-state index contributed by atoms with van der Waals surface area (Å²) in [6.45, 7) is 0. The molecule has 2 fully saturated rings. The number of aliphatic hydroxyl groups excluding tert-OH is 2. The smallest absolute Gasteiger partial charge is 0.229 e. The summed E-state index contributed by atoms with van der Waals surface area (Å²) < 4.78 is 15.0. The summed E-state index contributed by atoms with van der Waals surface area (Å²) in [5.41, 5.74) is 1.25. The molecule has 0 radical (unpaired) electrons. The second-order valence-electron chi connectivity index (χ2n) is 7.84. The van der Waals surface area contributed by atoms with Crippen LogP contribution < -0.4 is 10.6 Å². The Morgan fingerprint density at radius 3 is 2.84 bits per heavy atom. The quantitative estimate of drug-likeness (QED) is 0.453. The van der Waals surface area contributed by atoms with E-state index in [-0.39, 0.29) is 17.0 Å². The molecule has 0 aromatic carbocycles. The van der Waals surface area contributed by atoms with Crippen LogP contribution in [0.25, 0.3) is 11.2 Å². The van der Waals surface area contributed by atoms with Crippen LogP contribution in [0.4, 0.5) is 10.1 Å². The largest absolute Gasteiger partial charge is 0.389 e. The highest BCUT2D eigenvalue weighted by molar-refractivity contribution is 7.10. The topological polar surface area (TPSA) is 112 Å². The minimum absolute atomic E-state index is 0.224. The van der Waals surface area contributed by atoms with Crippen LogP contribution in [-0.4, -0.2) is 57.0 Å². The van der Waals surface area contributed by atoms with Crippen molar-refractivity contribution in [3.63, 3.8) is 0 Å². The number of rotatable bonds is 3. The molecule has 5 atom stereocenters. The zero-order chi connectivity index (χ0) is 21.9. The number of aromatic nitrogens is 3. The standard InChI is InChI=1S/C21H20FN5O3S/c1-23-13-7-10(3-4-11-5-6-14(22)31-11)26-19-15(13)25-9-27(19)16-12-8-21(12,20(30)24-2)18(29)17(16)28/h5-7,9,12,16-18,28-29H,8H2,1-2H3,(H,23,26)(H,24,30)/t12-,16-,17+,18+,21+/m1/s1. The molecule has 0 aliphatic heterocycles. The molecule has 0 bridgehead atoms. The molecular weight excluding hydrogens is 421 g/mol. The van der Waals surface area contributed by atoms with E-state index in [1.807, 2.05) is 0 Å². The number of amides is 1. The second-order valence-corrected chi connectivity index (χ2v) is 8.87. The zero-order valence-corrected chi connectivity index (χ0v) is 17.6. The number of aliphatic hydroxyl groups is 2. The van der Waals surface area contributed by atoms with E-state index in [0.29, 0.717) is 33.8 Å². The number of hydrogen-bond donors (Lipinski definition) is 4. The maximum Gasteiger partial charge on any atom is 0.229 e. The zero-order valence-electron chi connectivity index (χ0n) is 16.8. The Morgan fingerprint density at radius 1 is 1.35 bits per heavy atom. The Labute approximate surface area is 181 Å². The van der Waals surface area contributed by atoms with Crippen molar-refractivity contribution in [2.75, 3.05) is 19.4 Å². The first-order valence-electron chi connectivity index (χ1n) is 9.81. The lowest BCUT2D eigenvalue weighted by Gasteiger charge is -2.23. The van der Waals surface area contributed by atoms with E-state index in [2.05, 4.69) is 32.4 Å². The molecule has 3 aromatic heterocycles. The van der Waals surface area contributed by atoms with Gasteiger partial charge in [-0.15, -0.1) is 0 Å². The molecule has 0 spiro atoms. The maximum absolute atomic E-state index is 13.2. The van der Waals surface area contributed by atoms with E-state index in [1.165, 1.54) is 13.1 Å². The van der Waals surface area contributed by atoms with Crippen LogP contribution in [0.5, 0.6) is 0 Å². The van der Waals surface area contributed by atoms with Gasteiger partial charge in [-0.05, 0) is 36.5 Å². The molecule has 8 nitrogen and oxygen atoms in total. The number of carbonyl (C=O) groups excluding carboxylic acids is 1. The van der Waals surface area contributed by atoms with Crippen molar-refractivity contribution in [3.8, 4) is 11.8 Å². The van der Waals surface area contributed by atoms with E-state index in [4.69, 9.17) is 0 Å². The molecular formula is C21H20FN5O3S. The number of nitrogens with one attached hydrogen (secondary N) is 2. The number of fused-ring (bicyclic) bond motifs is 2. The predicted molar refractivity (Wildman–Crippen MR) is 113 cm³/mol. The Bertz CT molecular complexity index is 1260. The van der Waals surface area contributed by atoms with Crippen LogP contribution in [0, 0.1) is 28.3 Å². The van der Waals surface area contributed by atoms with Crippen molar-refractivity contribution in [1.82, 2.24) is 19.9 Å². The van der Waals surface area contributed by atoms with Gasteiger partial charge in [0.15, 0.2) is 10.8 Å². The molecule has 0 saturated heterocycles. The first-order chi connectivity index (χ1) is 14.9. The van der Waals surface area contributed by atoms with Crippen LogP contribution in [0.2, 0.25) is 0 Å². The van der Waals surface area contributed by atoms with Gasteiger partial charge < -0.3 is 25.4 Å². The molecule has 3 aromatic rings. The fourth-order valence-corrected chi connectivity index (χ4v) is 5.36. The summed E-state index contributed by atoms with van der Waals surface area (Å²) in [4.78, 5) is 22.1. The first kappa shape index (κ1) is 19.9. The fourth-order valence-electron chi connectivity index (χ4n) is 4.77. The Hall–Kier alpha value is -3.00. The Kier molecular flexibility index (Phi) is 4.51. The van der Waals surface area contributed by atoms with E-state index in [9.17, 15) is 19.4 Å². The molecule has 1 amide bonds. The fraction of sp³-hybridized carbons (Fsp3) is 0.381. The number of carbonyl (C=O) groups is 1. The number of pyridine rings is 1. The van der Waals surface area contributed by atoms with Gasteiger partial charge in [0, 0.05) is 20.0 Å². The lowest BCUT2D eigenvalue weighted by molar-refractivity contribution is -0.132. The summed E-state index contributed by atoms with van der Waals surface area (Å²) in [5, 5.41) is 26.8. The Balaban J connectivity index is 1.58. The monoisotopic (exact) mass is 441 g/mol. The van der Waals surface area contributed by atoms with Crippen molar-refractivity contribution in [3.05, 3.63) is 40.2 Å². The normalized spacial score (nSPS) is 28.7. The number of anilines is 1. The lowest BCUT2D eigenvalue weighted by Crippen LogP contribution is -2.41. The van der Waals surface area contributed by atoms with Gasteiger partial charge in [0.25, 0.3) is 0 Å². The van der Waals surface area contributed by atoms with Crippen LogP contribution in [0.3, 0.4) is 0 Å². The van der Waals surface area contributed by atoms with Crippen LogP contribution in [0.1, 0.15) is 23.0 Å². The van der Waals surface area contributed by atoms with Crippen LogP contribution in [-0.2, 0) is 4.79 Å². The highest BCUT2D eigenvalue weighted by Crippen LogP contribution is 2.67. The summed E-state index contributed by atoms with van der Waals surface area (Å²) >= 11 is 0.957. The third-order valence-corrected chi connectivity index (χ3v) is 7.12. The molecule has 160 valence electrons. The number of nitrogens with zero attached hydrogens (tertiary/aromatic N) is 3. The molecule has 5 rings (SSSR count). The van der Waals surface area contributed by atoms with Crippen molar-refractivity contribution in [2.24, 2.45) is 11.3 Å². The van der Waals surface area contributed by atoms with Crippen molar-refractivity contribution in [2.45, 2.75) is 24.7 Å².